The summed E-state index contributed by atoms with van der Waals surface area (Å²) < 4.78 is 6.24. The van der Waals surface area contributed by atoms with Gasteiger partial charge < -0.3 is 10.1 Å². The van der Waals surface area contributed by atoms with Crippen molar-refractivity contribution in [3.8, 4) is 0 Å². The van der Waals surface area contributed by atoms with Gasteiger partial charge in [-0.3, -0.25) is 0 Å². The second-order valence-electron chi connectivity index (χ2n) is 4.13. The van der Waals surface area contributed by atoms with Crippen molar-refractivity contribution in [1.82, 2.24) is 4.98 Å². The lowest BCUT2D eigenvalue weighted by molar-refractivity contribution is 0.0185. The lowest BCUT2D eigenvalue weighted by atomic mass is 10.1. The lowest BCUT2D eigenvalue weighted by Crippen LogP contribution is -2.25. The number of hydrogen-bond acceptors (Lipinski definition) is 3. The van der Waals surface area contributed by atoms with E-state index in [1.54, 1.807) is 13.3 Å². The molecule has 1 N–H and O–H groups in total. The van der Waals surface area contributed by atoms with Crippen LogP contribution < -0.4 is 5.32 Å². The van der Waals surface area contributed by atoms with Gasteiger partial charge in [-0.05, 0) is 42.3 Å². The van der Waals surface area contributed by atoms with Gasteiger partial charge in [0.05, 0.1) is 11.3 Å². The summed E-state index contributed by atoms with van der Waals surface area (Å²) in [6, 6.07) is 1.91. The van der Waals surface area contributed by atoms with Crippen LogP contribution in [0.2, 0.25) is 5.15 Å². The molecule has 0 atom stereocenters. The van der Waals surface area contributed by atoms with Crippen molar-refractivity contribution in [3.63, 3.8) is 0 Å². The summed E-state index contributed by atoms with van der Waals surface area (Å²) in [6.07, 6.45) is 2.57. The molecule has 1 rings (SSSR count). The Morgan fingerprint density at radius 1 is 1.56 bits per heavy atom. The molecule has 0 unspecified atom stereocenters. The highest BCUT2D eigenvalue weighted by Crippen LogP contribution is 2.23. The maximum atomic E-state index is 5.95. The van der Waals surface area contributed by atoms with Crippen LogP contribution in [0, 0.1) is 0 Å². The first-order chi connectivity index (χ1) is 7.44. The zero-order valence-corrected chi connectivity index (χ0v) is 12.0. The number of rotatable bonds is 5. The number of aromatic nitrogens is 1. The predicted molar refractivity (Wildman–Crippen MR) is 71.1 cm³/mol. The van der Waals surface area contributed by atoms with Gasteiger partial charge in [0.1, 0.15) is 0 Å². The Morgan fingerprint density at radius 3 is 2.88 bits per heavy atom. The number of ether oxygens (including phenoxy) is 1. The maximum absolute atomic E-state index is 5.95. The average molecular weight is 308 g/mol. The van der Waals surface area contributed by atoms with Crippen LogP contribution in [-0.2, 0) is 4.74 Å². The van der Waals surface area contributed by atoms with Crippen LogP contribution in [0.5, 0.6) is 0 Å². The van der Waals surface area contributed by atoms with Gasteiger partial charge in [0, 0.05) is 24.3 Å². The number of methoxy groups -OCH3 is 1. The van der Waals surface area contributed by atoms with Crippen LogP contribution in [0.15, 0.2) is 16.7 Å². The molecule has 0 aliphatic heterocycles. The third-order valence-corrected chi connectivity index (χ3v) is 3.14. The molecule has 1 aromatic rings. The van der Waals surface area contributed by atoms with Gasteiger partial charge in [0.25, 0.3) is 0 Å². The van der Waals surface area contributed by atoms with E-state index in [9.17, 15) is 0 Å². The van der Waals surface area contributed by atoms with Crippen LogP contribution in [0.1, 0.15) is 20.3 Å². The zero-order valence-electron chi connectivity index (χ0n) is 9.68. The minimum atomic E-state index is -0.126. The number of halogens is 2. The number of anilines is 1. The molecule has 0 radical (unpaired) electrons. The lowest BCUT2D eigenvalue weighted by Gasteiger charge is -2.23. The Morgan fingerprint density at radius 2 is 2.25 bits per heavy atom. The van der Waals surface area contributed by atoms with Crippen molar-refractivity contribution < 1.29 is 4.74 Å². The molecule has 0 aromatic carbocycles. The fourth-order valence-electron chi connectivity index (χ4n) is 1.15. The smallest absolute Gasteiger partial charge is 0.152 e. The van der Waals surface area contributed by atoms with Gasteiger partial charge in [-0.2, -0.15) is 0 Å². The minimum absolute atomic E-state index is 0.126. The Labute approximate surface area is 110 Å². The van der Waals surface area contributed by atoms with E-state index in [1.807, 2.05) is 6.07 Å². The van der Waals surface area contributed by atoms with Gasteiger partial charge in [-0.1, -0.05) is 11.6 Å². The topological polar surface area (TPSA) is 34.1 Å². The molecule has 0 amide bonds. The quantitative estimate of drug-likeness (QED) is 0.842. The zero-order chi connectivity index (χ0) is 12.2. The van der Waals surface area contributed by atoms with Crippen LogP contribution in [0.3, 0.4) is 0 Å². The van der Waals surface area contributed by atoms with Gasteiger partial charge in [-0.15, -0.1) is 0 Å². The molecule has 1 aromatic heterocycles. The highest BCUT2D eigenvalue weighted by atomic mass is 79.9. The van der Waals surface area contributed by atoms with Gasteiger partial charge in [-0.25, -0.2) is 4.98 Å². The van der Waals surface area contributed by atoms with Crippen LogP contribution in [0.25, 0.3) is 0 Å². The molecule has 0 aliphatic rings. The monoisotopic (exact) mass is 306 g/mol. The molecule has 0 bridgehead atoms. The number of nitrogens with zero attached hydrogens (tertiary/aromatic N) is 1. The normalized spacial score (nSPS) is 11.6. The summed E-state index contributed by atoms with van der Waals surface area (Å²) in [6.45, 7) is 4.89. The van der Waals surface area contributed by atoms with Crippen LogP contribution in [0.4, 0.5) is 5.69 Å². The van der Waals surface area contributed by atoms with Gasteiger partial charge >= 0.3 is 0 Å². The van der Waals surface area contributed by atoms with Crippen LogP contribution in [-0.4, -0.2) is 24.2 Å². The Hall–Kier alpha value is -0.320. The van der Waals surface area contributed by atoms with Crippen LogP contribution >= 0.6 is 27.5 Å². The van der Waals surface area contributed by atoms with Crippen molar-refractivity contribution in [1.29, 1.82) is 0 Å². The van der Waals surface area contributed by atoms with E-state index in [-0.39, 0.29) is 5.60 Å². The van der Waals surface area contributed by atoms with E-state index in [0.717, 1.165) is 23.1 Å². The number of nitrogens with one attached hydrogen (secondary N) is 1. The molecule has 3 nitrogen and oxygen atoms in total. The molecule has 0 saturated heterocycles. The fraction of sp³-hybridized carbons (Fsp3) is 0.545. The molecular weight excluding hydrogens is 291 g/mol. The van der Waals surface area contributed by atoms with E-state index in [2.05, 4.69) is 40.1 Å². The summed E-state index contributed by atoms with van der Waals surface area (Å²) in [5, 5.41) is 3.72. The highest BCUT2D eigenvalue weighted by molar-refractivity contribution is 9.10. The maximum Gasteiger partial charge on any atom is 0.152 e. The molecular formula is C11H16BrClN2O. The standard InChI is InChI=1S/C11H16BrClN2O/c1-11(2,16-3)4-5-14-9-6-8(12)7-15-10(9)13/h6-7,14H,4-5H2,1-3H3. The van der Waals surface area contributed by atoms with E-state index in [0.29, 0.717) is 5.15 Å². The second-order valence-corrected chi connectivity index (χ2v) is 5.41. The summed E-state index contributed by atoms with van der Waals surface area (Å²) >= 11 is 9.31. The van der Waals surface area contributed by atoms with Crippen molar-refractivity contribution in [3.05, 3.63) is 21.9 Å². The Balaban J connectivity index is 2.52. The summed E-state index contributed by atoms with van der Waals surface area (Å²) in [4.78, 5) is 4.04. The molecule has 0 aliphatic carbocycles. The minimum Gasteiger partial charge on any atom is -0.382 e. The van der Waals surface area contributed by atoms with Gasteiger partial charge in [0.15, 0.2) is 5.15 Å². The molecule has 0 fully saturated rings. The first kappa shape index (κ1) is 13.7. The van der Waals surface area contributed by atoms with E-state index in [4.69, 9.17) is 16.3 Å². The second kappa shape index (κ2) is 5.84. The van der Waals surface area contributed by atoms with Crippen molar-refractivity contribution >= 4 is 33.2 Å². The van der Waals surface area contributed by atoms with E-state index >= 15 is 0 Å². The third-order valence-electron chi connectivity index (χ3n) is 2.40. The summed E-state index contributed by atoms with van der Waals surface area (Å²) in [5.74, 6) is 0. The largest absolute Gasteiger partial charge is 0.382 e. The molecule has 1 heterocycles. The molecule has 16 heavy (non-hydrogen) atoms. The first-order valence-corrected chi connectivity index (χ1v) is 6.22. The number of pyridine rings is 1. The third kappa shape index (κ3) is 4.28. The molecule has 5 heteroatoms. The first-order valence-electron chi connectivity index (χ1n) is 5.05. The predicted octanol–water partition coefficient (Wildman–Crippen LogP) is 3.72. The van der Waals surface area contributed by atoms with E-state index < -0.39 is 0 Å². The molecule has 90 valence electrons. The Bertz CT molecular complexity index is 358. The highest BCUT2D eigenvalue weighted by Gasteiger charge is 2.15. The van der Waals surface area contributed by atoms with Crippen molar-refractivity contribution in [2.75, 3.05) is 19.0 Å². The van der Waals surface area contributed by atoms with Gasteiger partial charge in [0.2, 0.25) is 0 Å². The fourth-order valence-corrected chi connectivity index (χ4v) is 1.65. The Kier molecular flexibility index (Phi) is 5.02. The molecule has 0 spiro atoms. The van der Waals surface area contributed by atoms with Crippen molar-refractivity contribution in [2.24, 2.45) is 0 Å². The SMILES string of the molecule is COC(C)(C)CCNc1cc(Br)cnc1Cl. The van der Waals surface area contributed by atoms with Crippen molar-refractivity contribution in [2.45, 2.75) is 25.9 Å². The number of hydrogen-bond donors (Lipinski definition) is 1. The molecule has 0 saturated carbocycles. The summed E-state index contributed by atoms with van der Waals surface area (Å²) in [7, 11) is 1.72. The average Bonchev–Trinajstić information content (AvgIpc) is 2.23. The van der Waals surface area contributed by atoms with E-state index in [1.165, 1.54) is 0 Å². The summed E-state index contributed by atoms with van der Waals surface area (Å²) in [5.41, 5.74) is 0.710.